The van der Waals surface area contributed by atoms with Crippen LogP contribution in [0.15, 0.2) is 24.3 Å². The van der Waals surface area contributed by atoms with Crippen molar-refractivity contribution in [3.05, 3.63) is 39.9 Å². The smallest absolute Gasteiger partial charge is 0.269 e. The number of non-ortho nitro benzene ring substituents is 1. The second-order valence-electron chi connectivity index (χ2n) is 5.45. The summed E-state index contributed by atoms with van der Waals surface area (Å²) in [7, 11) is 0. The van der Waals surface area contributed by atoms with Gasteiger partial charge < -0.3 is 10.6 Å². The highest BCUT2D eigenvalue weighted by atomic mass is 16.6. The Labute approximate surface area is 124 Å². The van der Waals surface area contributed by atoms with E-state index in [0.29, 0.717) is 18.0 Å². The van der Waals surface area contributed by atoms with Gasteiger partial charge in [0, 0.05) is 18.7 Å². The number of carbonyl (C=O) groups excluding carboxylic acids is 1. The van der Waals surface area contributed by atoms with Crippen molar-refractivity contribution in [2.45, 2.75) is 25.7 Å². The molecule has 1 aliphatic heterocycles. The summed E-state index contributed by atoms with van der Waals surface area (Å²) in [6.07, 6.45) is 3.58. The van der Waals surface area contributed by atoms with E-state index in [1.165, 1.54) is 25.0 Å². The predicted molar refractivity (Wildman–Crippen MR) is 80.0 cm³/mol. The molecule has 2 N–H and O–H groups in total. The highest BCUT2D eigenvalue weighted by Crippen LogP contribution is 2.14. The van der Waals surface area contributed by atoms with Gasteiger partial charge in [-0.2, -0.15) is 0 Å². The maximum absolute atomic E-state index is 11.8. The molecule has 1 aromatic carbocycles. The maximum atomic E-state index is 11.8. The quantitative estimate of drug-likeness (QED) is 0.616. The first-order valence-electron chi connectivity index (χ1n) is 7.36. The molecule has 0 radical (unpaired) electrons. The summed E-state index contributed by atoms with van der Waals surface area (Å²) in [5, 5.41) is 16.9. The molecule has 0 bridgehead atoms. The van der Waals surface area contributed by atoms with Crippen LogP contribution in [0.2, 0.25) is 0 Å². The molecule has 21 heavy (non-hydrogen) atoms. The molecule has 1 aliphatic rings. The number of benzene rings is 1. The number of nitro groups is 1. The third-order valence-corrected chi connectivity index (χ3v) is 3.76. The van der Waals surface area contributed by atoms with Gasteiger partial charge in [0.15, 0.2) is 0 Å². The van der Waals surface area contributed by atoms with Crippen LogP contribution in [-0.2, 0) is 11.2 Å². The monoisotopic (exact) mass is 291 g/mol. The zero-order chi connectivity index (χ0) is 15.1. The van der Waals surface area contributed by atoms with Gasteiger partial charge in [0.25, 0.3) is 5.69 Å². The number of carbonyl (C=O) groups is 1. The number of hydrogen-bond donors (Lipinski definition) is 2. The SMILES string of the molecule is O=C(Cc1cccc([N+](=O)[O-])c1)NCCC1CCCNC1. The van der Waals surface area contributed by atoms with Crippen molar-refractivity contribution in [3.8, 4) is 0 Å². The van der Waals surface area contributed by atoms with Crippen molar-refractivity contribution in [1.82, 2.24) is 10.6 Å². The maximum Gasteiger partial charge on any atom is 0.269 e. The van der Waals surface area contributed by atoms with Crippen LogP contribution < -0.4 is 10.6 Å². The van der Waals surface area contributed by atoms with E-state index in [-0.39, 0.29) is 18.0 Å². The molecule has 0 saturated carbocycles. The minimum absolute atomic E-state index is 0.0218. The molecule has 1 heterocycles. The van der Waals surface area contributed by atoms with E-state index in [4.69, 9.17) is 0 Å². The first kappa shape index (κ1) is 15.4. The van der Waals surface area contributed by atoms with E-state index in [9.17, 15) is 14.9 Å². The fourth-order valence-corrected chi connectivity index (χ4v) is 2.61. The molecule has 1 atom stereocenters. The molecule has 2 rings (SSSR count). The van der Waals surface area contributed by atoms with Gasteiger partial charge in [-0.1, -0.05) is 12.1 Å². The van der Waals surface area contributed by atoms with E-state index in [1.54, 1.807) is 12.1 Å². The first-order chi connectivity index (χ1) is 10.1. The Morgan fingerprint density at radius 1 is 1.48 bits per heavy atom. The van der Waals surface area contributed by atoms with E-state index in [2.05, 4.69) is 10.6 Å². The Bertz CT molecular complexity index is 499. The zero-order valence-corrected chi connectivity index (χ0v) is 12.0. The molecular weight excluding hydrogens is 270 g/mol. The number of amides is 1. The number of piperidine rings is 1. The number of hydrogen-bond acceptors (Lipinski definition) is 4. The summed E-state index contributed by atoms with van der Waals surface area (Å²) in [6, 6.07) is 6.22. The Morgan fingerprint density at radius 2 is 2.33 bits per heavy atom. The Morgan fingerprint density at radius 3 is 3.05 bits per heavy atom. The lowest BCUT2D eigenvalue weighted by Crippen LogP contribution is -2.33. The van der Waals surface area contributed by atoms with Crippen LogP contribution in [0.25, 0.3) is 0 Å². The second kappa shape index (κ2) is 7.73. The molecule has 0 spiro atoms. The highest BCUT2D eigenvalue weighted by Gasteiger charge is 2.13. The minimum atomic E-state index is -0.447. The molecule has 1 aromatic rings. The topological polar surface area (TPSA) is 84.3 Å². The average molecular weight is 291 g/mol. The normalized spacial score (nSPS) is 18.2. The number of nitro benzene ring substituents is 1. The van der Waals surface area contributed by atoms with Crippen LogP contribution in [0, 0.1) is 16.0 Å². The summed E-state index contributed by atoms with van der Waals surface area (Å²) >= 11 is 0. The van der Waals surface area contributed by atoms with Crippen LogP contribution in [0.4, 0.5) is 5.69 Å². The van der Waals surface area contributed by atoms with Crippen LogP contribution in [0.5, 0.6) is 0 Å². The summed E-state index contributed by atoms with van der Waals surface area (Å²) in [5.74, 6) is 0.552. The molecular formula is C15H21N3O3. The lowest BCUT2D eigenvalue weighted by Gasteiger charge is -2.22. The summed E-state index contributed by atoms with van der Waals surface area (Å²) < 4.78 is 0. The van der Waals surface area contributed by atoms with Gasteiger partial charge in [0.05, 0.1) is 11.3 Å². The van der Waals surface area contributed by atoms with Crippen molar-refractivity contribution >= 4 is 11.6 Å². The third kappa shape index (κ3) is 5.15. The summed E-state index contributed by atoms with van der Waals surface area (Å²) in [4.78, 5) is 22.1. The van der Waals surface area contributed by atoms with Gasteiger partial charge in [-0.15, -0.1) is 0 Å². The van der Waals surface area contributed by atoms with Crippen LogP contribution in [-0.4, -0.2) is 30.5 Å². The molecule has 6 heteroatoms. The number of nitrogens with zero attached hydrogens (tertiary/aromatic N) is 1. The van der Waals surface area contributed by atoms with Crippen LogP contribution in [0.1, 0.15) is 24.8 Å². The average Bonchev–Trinajstić information content (AvgIpc) is 2.48. The predicted octanol–water partition coefficient (Wildman–Crippen LogP) is 1.64. The van der Waals surface area contributed by atoms with Crippen molar-refractivity contribution in [2.75, 3.05) is 19.6 Å². The molecule has 1 fully saturated rings. The Kier molecular flexibility index (Phi) is 5.68. The van der Waals surface area contributed by atoms with E-state index < -0.39 is 4.92 Å². The van der Waals surface area contributed by atoms with Crippen LogP contribution >= 0.6 is 0 Å². The molecule has 0 aliphatic carbocycles. The Balaban J connectivity index is 1.73. The van der Waals surface area contributed by atoms with Gasteiger partial charge >= 0.3 is 0 Å². The van der Waals surface area contributed by atoms with Crippen molar-refractivity contribution in [2.24, 2.45) is 5.92 Å². The number of rotatable bonds is 6. The van der Waals surface area contributed by atoms with Gasteiger partial charge in [-0.05, 0) is 43.8 Å². The summed E-state index contributed by atoms with van der Waals surface area (Å²) in [5.41, 5.74) is 0.689. The standard InChI is InChI=1S/C15H21N3O3/c19-15(17-8-6-12-4-2-7-16-11-12)10-13-3-1-5-14(9-13)18(20)21/h1,3,5,9,12,16H,2,4,6-8,10-11H2,(H,17,19). The van der Waals surface area contributed by atoms with E-state index in [1.807, 2.05) is 0 Å². The fourth-order valence-electron chi connectivity index (χ4n) is 2.61. The highest BCUT2D eigenvalue weighted by molar-refractivity contribution is 5.78. The van der Waals surface area contributed by atoms with Crippen molar-refractivity contribution in [1.29, 1.82) is 0 Å². The lowest BCUT2D eigenvalue weighted by atomic mass is 9.96. The summed E-state index contributed by atoms with van der Waals surface area (Å²) in [6.45, 7) is 2.79. The molecule has 6 nitrogen and oxygen atoms in total. The van der Waals surface area contributed by atoms with E-state index in [0.717, 1.165) is 19.5 Å². The third-order valence-electron chi connectivity index (χ3n) is 3.76. The number of nitrogens with one attached hydrogen (secondary N) is 2. The zero-order valence-electron chi connectivity index (χ0n) is 12.0. The molecule has 1 amide bonds. The van der Waals surface area contributed by atoms with Gasteiger partial charge in [-0.3, -0.25) is 14.9 Å². The fraction of sp³-hybridized carbons (Fsp3) is 0.533. The van der Waals surface area contributed by atoms with Crippen molar-refractivity contribution < 1.29 is 9.72 Å². The van der Waals surface area contributed by atoms with Crippen LogP contribution in [0.3, 0.4) is 0 Å². The van der Waals surface area contributed by atoms with Gasteiger partial charge in [0.2, 0.25) is 5.91 Å². The molecule has 0 aromatic heterocycles. The van der Waals surface area contributed by atoms with E-state index >= 15 is 0 Å². The Hall–Kier alpha value is -1.95. The van der Waals surface area contributed by atoms with Crippen molar-refractivity contribution in [3.63, 3.8) is 0 Å². The first-order valence-corrected chi connectivity index (χ1v) is 7.36. The van der Waals surface area contributed by atoms with Gasteiger partial charge in [0.1, 0.15) is 0 Å². The van der Waals surface area contributed by atoms with Gasteiger partial charge in [-0.25, -0.2) is 0 Å². The largest absolute Gasteiger partial charge is 0.356 e. The lowest BCUT2D eigenvalue weighted by molar-refractivity contribution is -0.384. The minimum Gasteiger partial charge on any atom is -0.356 e. The molecule has 1 saturated heterocycles. The second-order valence-corrected chi connectivity index (χ2v) is 5.45. The molecule has 114 valence electrons. The molecule has 1 unspecified atom stereocenters.